The summed E-state index contributed by atoms with van der Waals surface area (Å²) in [6.07, 6.45) is 0. The van der Waals surface area contributed by atoms with Gasteiger partial charge in [0.25, 0.3) is 0 Å². The van der Waals surface area contributed by atoms with Crippen molar-refractivity contribution in [3.8, 4) is 0 Å². The molecule has 1 unspecified atom stereocenters. The van der Waals surface area contributed by atoms with Gasteiger partial charge in [-0.3, -0.25) is 0 Å². The van der Waals surface area contributed by atoms with Crippen LogP contribution in [-0.2, 0) is 5.75 Å². The van der Waals surface area contributed by atoms with Crippen LogP contribution in [0.15, 0.2) is 54.6 Å². The maximum Gasteiger partial charge on any atom is 0.0272 e. The molecule has 2 aromatic rings. The standard InChI is InChI=1S/C16H18S/c1-13-8-10-16(11-9-13)14(2)17-12-15-6-4-3-5-7-15/h3-11,14H,12H2,1-2H3. The van der Waals surface area contributed by atoms with Crippen molar-refractivity contribution in [2.24, 2.45) is 0 Å². The number of rotatable bonds is 4. The normalized spacial score (nSPS) is 12.4. The van der Waals surface area contributed by atoms with Gasteiger partial charge in [0.2, 0.25) is 0 Å². The van der Waals surface area contributed by atoms with Crippen LogP contribution in [0.1, 0.15) is 28.9 Å². The summed E-state index contributed by atoms with van der Waals surface area (Å²) in [5, 5.41) is 0.552. The van der Waals surface area contributed by atoms with Gasteiger partial charge < -0.3 is 0 Å². The number of benzene rings is 2. The topological polar surface area (TPSA) is 0 Å². The zero-order valence-corrected chi connectivity index (χ0v) is 11.2. The van der Waals surface area contributed by atoms with Crippen LogP contribution in [0.3, 0.4) is 0 Å². The Balaban J connectivity index is 1.93. The smallest absolute Gasteiger partial charge is 0.0272 e. The van der Waals surface area contributed by atoms with Gasteiger partial charge in [-0.05, 0) is 25.0 Å². The van der Waals surface area contributed by atoms with E-state index in [-0.39, 0.29) is 0 Å². The van der Waals surface area contributed by atoms with E-state index in [1.54, 1.807) is 0 Å². The van der Waals surface area contributed by atoms with Crippen molar-refractivity contribution in [2.75, 3.05) is 0 Å². The van der Waals surface area contributed by atoms with Crippen LogP contribution in [0.5, 0.6) is 0 Å². The summed E-state index contributed by atoms with van der Waals surface area (Å²) < 4.78 is 0. The van der Waals surface area contributed by atoms with Crippen molar-refractivity contribution < 1.29 is 0 Å². The molecule has 1 heteroatoms. The minimum Gasteiger partial charge on any atom is -0.149 e. The van der Waals surface area contributed by atoms with Gasteiger partial charge in [0.1, 0.15) is 0 Å². The Bertz CT molecular complexity index is 445. The fraction of sp³-hybridized carbons (Fsp3) is 0.250. The molecule has 0 bridgehead atoms. The van der Waals surface area contributed by atoms with Gasteiger partial charge >= 0.3 is 0 Å². The number of thioether (sulfide) groups is 1. The molecule has 0 aliphatic rings. The quantitative estimate of drug-likeness (QED) is 0.728. The Morgan fingerprint density at radius 1 is 0.941 bits per heavy atom. The Morgan fingerprint density at radius 3 is 2.24 bits per heavy atom. The summed E-state index contributed by atoms with van der Waals surface area (Å²) in [7, 11) is 0. The molecule has 17 heavy (non-hydrogen) atoms. The van der Waals surface area contributed by atoms with Gasteiger partial charge in [-0.1, -0.05) is 60.2 Å². The first-order chi connectivity index (χ1) is 8.25. The van der Waals surface area contributed by atoms with Crippen LogP contribution in [0.2, 0.25) is 0 Å². The fourth-order valence-corrected chi connectivity index (χ4v) is 2.71. The zero-order valence-electron chi connectivity index (χ0n) is 10.4. The van der Waals surface area contributed by atoms with E-state index in [1.807, 2.05) is 11.8 Å². The monoisotopic (exact) mass is 242 g/mol. The molecule has 0 nitrogen and oxygen atoms in total. The highest BCUT2D eigenvalue weighted by Gasteiger charge is 2.05. The summed E-state index contributed by atoms with van der Waals surface area (Å²) >= 11 is 1.99. The first kappa shape index (κ1) is 12.3. The van der Waals surface area contributed by atoms with E-state index in [2.05, 4.69) is 68.4 Å². The molecule has 2 rings (SSSR count). The molecular formula is C16H18S. The predicted molar refractivity (Wildman–Crippen MR) is 77.3 cm³/mol. The van der Waals surface area contributed by atoms with Gasteiger partial charge in [-0.2, -0.15) is 0 Å². The number of hydrogen-bond donors (Lipinski definition) is 0. The average molecular weight is 242 g/mol. The molecule has 1 atom stereocenters. The third-order valence-electron chi connectivity index (χ3n) is 2.89. The number of hydrogen-bond acceptors (Lipinski definition) is 1. The first-order valence-electron chi connectivity index (χ1n) is 5.98. The second-order valence-electron chi connectivity index (χ2n) is 4.35. The third kappa shape index (κ3) is 3.64. The van der Waals surface area contributed by atoms with E-state index in [4.69, 9.17) is 0 Å². The summed E-state index contributed by atoms with van der Waals surface area (Å²) in [6, 6.07) is 19.5. The molecule has 88 valence electrons. The highest BCUT2D eigenvalue weighted by molar-refractivity contribution is 7.98. The van der Waals surface area contributed by atoms with Crippen LogP contribution in [0.4, 0.5) is 0 Å². The summed E-state index contributed by atoms with van der Waals surface area (Å²) in [5.41, 5.74) is 4.14. The highest BCUT2D eigenvalue weighted by atomic mass is 32.2. The molecule has 0 N–H and O–H groups in total. The second-order valence-corrected chi connectivity index (χ2v) is 5.68. The van der Waals surface area contributed by atoms with Crippen LogP contribution in [0, 0.1) is 6.92 Å². The maximum atomic E-state index is 2.28. The lowest BCUT2D eigenvalue weighted by atomic mass is 10.1. The summed E-state index contributed by atoms with van der Waals surface area (Å²) in [5.74, 6) is 1.08. The van der Waals surface area contributed by atoms with E-state index in [0.29, 0.717) is 5.25 Å². The lowest BCUT2D eigenvalue weighted by molar-refractivity contribution is 1.09. The van der Waals surface area contributed by atoms with Crippen molar-refractivity contribution in [1.29, 1.82) is 0 Å². The summed E-state index contributed by atoms with van der Waals surface area (Å²) in [6.45, 7) is 4.41. The predicted octanol–water partition coefficient (Wildman–Crippen LogP) is 4.99. The van der Waals surface area contributed by atoms with Crippen molar-refractivity contribution in [3.05, 3.63) is 71.3 Å². The molecule has 0 amide bonds. The number of aryl methyl sites for hydroxylation is 1. The largest absolute Gasteiger partial charge is 0.149 e. The summed E-state index contributed by atoms with van der Waals surface area (Å²) in [4.78, 5) is 0. The Morgan fingerprint density at radius 2 is 1.59 bits per heavy atom. The first-order valence-corrected chi connectivity index (χ1v) is 7.02. The Hall–Kier alpha value is -1.21. The third-order valence-corrected chi connectivity index (χ3v) is 4.16. The van der Waals surface area contributed by atoms with E-state index < -0.39 is 0 Å². The molecule has 0 aromatic heterocycles. The van der Waals surface area contributed by atoms with Crippen LogP contribution >= 0.6 is 11.8 Å². The van der Waals surface area contributed by atoms with Gasteiger partial charge in [-0.25, -0.2) is 0 Å². The van der Waals surface area contributed by atoms with Crippen molar-refractivity contribution in [1.82, 2.24) is 0 Å². The Labute approximate surface area is 108 Å². The second kappa shape index (κ2) is 5.92. The van der Waals surface area contributed by atoms with Gasteiger partial charge in [0.15, 0.2) is 0 Å². The minimum absolute atomic E-state index is 0.552. The molecule has 0 saturated heterocycles. The minimum atomic E-state index is 0.552. The molecule has 0 heterocycles. The molecule has 0 fully saturated rings. The zero-order chi connectivity index (χ0) is 12.1. The van der Waals surface area contributed by atoms with E-state index >= 15 is 0 Å². The van der Waals surface area contributed by atoms with Crippen LogP contribution < -0.4 is 0 Å². The lowest BCUT2D eigenvalue weighted by Crippen LogP contribution is -1.90. The fourth-order valence-electron chi connectivity index (χ4n) is 1.73. The SMILES string of the molecule is Cc1ccc(C(C)SCc2ccccc2)cc1. The molecule has 0 aliphatic heterocycles. The molecular weight excluding hydrogens is 224 g/mol. The van der Waals surface area contributed by atoms with E-state index in [9.17, 15) is 0 Å². The lowest BCUT2D eigenvalue weighted by Gasteiger charge is -2.11. The van der Waals surface area contributed by atoms with Gasteiger partial charge in [0, 0.05) is 11.0 Å². The van der Waals surface area contributed by atoms with E-state index in [1.165, 1.54) is 16.7 Å². The van der Waals surface area contributed by atoms with Gasteiger partial charge in [-0.15, -0.1) is 11.8 Å². The molecule has 0 radical (unpaired) electrons. The van der Waals surface area contributed by atoms with Crippen molar-refractivity contribution >= 4 is 11.8 Å². The average Bonchev–Trinajstić information content (AvgIpc) is 2.38. The molecule has 2 aromatic carbocycles. The van der Waals surface area contributed by atoms with Crippen LogP contribution in [-0.4, -0.2) is 0 Å². The molecule has 0 spiro atoms. The highest BCUT2D eigenvalue weighted by Crippen LogP contribution is 2.30. The Kier molecular flexibility index (Phi) is 4.27. The maximum absolute atomic E-state index is 2.28. The van der Waals surface area contributed by atoms with Crippen LogP contribution in [0.25, 0.3) is 0 Å². The molecule has 0 saturated carbocycles. The van der Waals surface area contributed by atoms with E-state index in [0.717, 1.165) is 5.75 Å². The van der Waals surface area contributed by atoms with Gasteiger partial charge in [0.05, 0.1) is 0 Å². The van der Waals surface area contributed by atoms with Crippen molar-refractivity contribution in [2.45, 2.75) is 24.9 Å². The van der Waals surface area contributed by atoms with Crippen molar-refractivity contribution in [3.63, 3.8) is 0 Å². The molecule has 0 aliphatic carbocycles.